The summed E-state index contributed by atoms with van der Waals surface area (Å²) < 4.78 is 64.3. The lowest BCUT2D eigenvalue weighted by atomic mass is 10.1. The summed E-state index contributed by atoms with van der Waals surface area (Å²) in [5.41, 5.74) is -1.57. The molecule has 0 aliphatic carbocycles. The molecule has 0 saturated heterocycles. The Balaban J connectivity index is 2.06. The van der Waals surface area contributed by atoms with Gasteiger partial charge in [0.15, 0.2) is 0 Å². The number of halogens is 5. The lowest BCUT2D eigenvalue weighted by Crippen LogP contribution is -2.29. The van der Waals surface area contributed by atoms with Crippen molar-refractivity contribution in [3.05, 3.63) is 70.8 Å². The van der Waals surface area contributed by atoms with Crippen molar-refractivity contribution in [3.8, 4) is 0 Å². The lowest BCUT2D eigenvalue weighted by Gasteiger charge is -2.14. The van der Waals surface area contributed by atoms with Crippen LogP contribution in [-0.2, 0) is 6.18 Å². The molecule has 0 unspecified atom stereocenters. The lowest BCUT2D eigenvalue weighted by molar-refractivity contribution is -0.137. The molecule has 3 nitrogen and oxygen atoms in total. The zero-order valence-electron chi connectivity index (χ0n) is 12.1. The van der Waals surface area contributed by atoms with Crippen LogP contribution in [0.4, 0.5) is 22.0 Å². The highest BCUT2D eigenvalue weighted by Crippen LogP contribution is 2.30. The Labute approximate surface area is 133 Å². The van der Waals surface area contributed by atoms with Crippen LogP contribution in [0.1, 0.15) is 27.6 Å². The van der Waals surface area contributed by atoms with Crippen LogP contribution in [0, 0.1) is 11.6 Å². The summed E-state index contributed by atoms with van der Waals surface area (Å²) in [5.74, 6) is -2.76. The van der Waals surface area contributed by atoms with Gasteiger partial charge < -0.3 is 10.4 Å². The average molecular weight is 345 g/mol. The largest absolute Gasteiger partial charge is 0.416 e. The van der Waals surface area contributed by atoms with E-state index < -0.39 is 47.5 Å². The van der Waals surface area contributed by atoms with Crippen LogP contribution >= 0.6 is 0 Å². The number of carbonyl (C=O) groups is 1. The molecule has 0 spiro atoms. The molecule has 2 N–H and O–H groups in total. The molecular formula is C16H12F5NO2. The van der Waals surface area contributed by atoms with Gasteiger partial charge in [-0.1, -0.05) is 12.1 Å². The Morgan fingerprint density at radius 3 is 2.50 bits per heavy atom. The van der Waals surface area contributed by atoms with Crippen molar-refractivity contribution < 1.29 is 31.9 Å². The second kappa shape index (κ2) is 6.96. The summed E-state index contributed by atoms with van der Waals surface area (Å²) in [7, 11) is 0. The molecule has 24 heavy (non-hydrogen) atoms. The fraction of sp³-hybridized carbons (Fsp3) is 0.188. The SMILES string of the molecule is O=C(NC[C@@H](O)c1cccc(C(F)(F)F)c1)c1cc(F)ccc1F. The highest BCUT2D eigenvalue weighted by Gasteiger charge is 2.30. The number of alkyl halides is 3. The Bertz CT molecular complexity index is 745. The molecular weight excluding hydrogens is 333 g/mol. The molecule has 1 atom stereocenters. The maximum atomic E-state index is 13.4. The molecule has 0 radical (unpaired) electrons. The van der Waals surface area contributed by atoms with Gasteiger partial charge in [-0.3, -0.25) is 4.79 Å². The van der Waals surface area contributed by atoms with Crippen LogP contribution in [0.3, 0.4) is 0 Å². The van der Waals surface area contributed by atoms with Crippen molar-refractivity contribution in [1.29, 1.82) is 0 Å². The maximum absolute atomic E-state index is 13.4. The number of hydrogen-bond acceptors (Lipinski definition) is 2. The van der Waals surface area contributed by atoms with Gasteiger partial charge in [0.25, 0.3) is 5.91 Å². The first kappa shape index (κ1) is 17.9. The fourth-order valence-corrected chi connectivity index (χ4v) is 2.00. The van der Waals surface area contributed by atoms with E-state index in [9.17, 15) is 31.9 Å². The van der Waals surface area contributed by atoms with Crippen LogP contribution in [0.15, 0.2) is 42.5 Å². The second-order valence-corrected chi connectivity index (χ2v) is 4.97. The molecule has 0 aromatic heterocycles. The monoisotopic (exact) mass is 345 g/mol. The van der Waals surface area contributed by atoms with E-state index in [1.54, 1.807) is 0 Å². The normalized spacial score (nSPS) is 12.8. The first-order chi connectivity index (χ1) is 11.2. The first-order valence-corrected chi connectivity index (χ1v) is 6.77. The molecule has 1 amide bonds. The minimum atomic E-state index is -4.57. The zero-order valence-corrected chi connectivity index (χ0v) is 12.1. The number of amides is 1. The molecule has 0 aliphatic rings. The van der Waals surface area contributed by atoms with Crippen molar-refractivity contribution in [2.75, 3.05) is 6.54 Å². The van der Waals surface area contributed by atoms with E-state index in [1.807, 2.05) is 0 Å². The minimum Gasteiger partial charge on any atom is -0.387 e. The average Bonchev–Trinajstić information content (AvgIpc) is 2.54. The highest BCUT2D eigenvalue weighted by molar-refractivity contribution is 5.94. The fourth-order valence-electron chi connectivity index (χ4n) is 2.00. The predicted molar refractivity (Wildman–Crippen MR) is 75.1 cm³/mol. The van der Waals surface area contributed by atoms with E-state index in [4.69, 9.17) is 0 Å². The van der Waals surface area contributed by atoms with Gasteiger partial charge in [-0.2, -0.15) is 13.2 Å². The summed E-state index contributed by atoms with van der Waals surface area (Å²) in [6.07, 6.45) is -6.00. The van der Waals surface area contributed by atoms with E-state index >= 15 is 0 Å². The first-order valence-electron chi connectivity index (χ1n) is 6.77. The molecule has 0 heterocycles. The third-order valence-corrected chi connectivity index (χ3v) is 3.23. The topological polar surface area (TPSA) is 49.3 Å². The number of carbonyl (C=O) groups excluding carboxylic acids is 1. The van der Waals surface area contributed by atoms with Gasteiger partial charge in [0.2, 0.25) is 0 Å². The van der Waals surface area contributed by atoms with E-state index in [0.29, 0.717) is 6.07 Å². The highest BCUT2D eigenvalue weighted by atomic mass is 19.4. The second-order valence-electron chi connectivity index (χ2n) is 4.97. The van der Waals surface area contributed by atoms with Crippen LogP contribution in [0.25, 0.3) is 0 Å². The molecule has 0 aliphatic heterocycles. The van der Waals surface area contributed by atoms with Gasteiger partial charge in [0, 0.05) is 6.54 Å². The van der Waals surface area contributed by atoms with Crippen LogP contribution in [-0.4, -0.2) is 17.6 Å². The van der Waals surface area contributed by atoms with Gasteiger partial charge in [0.1, 0.15) is 11.6 Å². The van der Waals surface area contributed by atoms with Crippen molar-refractivity contribution in [3.63, 3.8) is 0 Å². The third-order valence-electron chi connectivity index (χ3n) is 3.23. The Hall–Kier alpha value is -2.48. The standard InChI is InChI=1S/C16H12F5NO2/c17-11-4-5-13(18)12(7-11)15(24)22-8-14(23)9-2-1-3-10(6-9)16(19,20)21/h1-7,14,23H,8H2,(H,22,24)/t14-/m1/s1. The van der Waals surface area contributed by atoms with Gasteiger partial charge in [-0.25, -0.2) is 8.78 Å². The third kappa shape index (κ3) is 4.29. The summed E-state index contributed by atoms with van der Waals surface area (Å²) in [5, 5.41) is 12.0. The summed E-state index contributed by atoms with van der Waals surface area (Å²) in [4.78, 5) is 11.8. The number of aliphatic hydroxyl groups excluding tert-OH is 1. The minimum absolute atomic E-state index is 0.0650. The summed E-state index contributed by atoms with van der Waals surface area (Å²) in [6, 6.07) is 6.26. The van der Waals surface area contributed by atoms with E-state index in [2.05, 4.69) is 5.32 Å². The predicted octanol–water partition coefficient (Wildman–Crippen LogP) is 3.45. The molecule has 2 rings (SSSR count). The quantitative estimate of drug-likeness (QED) is 0.834. The van der Waals surface area contributed by atoms with Gasteiger partial charge in [-0.15, -0.1) is 0 Å². The van der Waals surface area contributed by atoms with Gasteiger partial charge in [-0.05, 0) is 35.9 Å². The number of rotatable bonds is 4. The van der Waals surface area contributed by atoms with E-state index in [1.165, 1.54) is 6.07 Å². The number of nitrogens with one attached hydrogen (secondary N) is 1. The number of benzene rings is 2. The van der Waals surface area contributed by atoms with E-state index in [0.717, 1.165) is 30.3 Å². The molecule has 8 heteroatoms. The Kier molecular flexibility index (Phi) is 5.18. The summed E-state index contributed by atoms with van der Waals surface area (Å²) in [6.45, 7) is -0.462. The number of aliphatic hydroxyl groups is 1. The molecule has 128 valence electrons. The molecule has 0 bridgehead atoms. The van der Waals surface area contributed by atoms with E-state index in [-0.39, 0.29) is 5.56 Å². The Morgan fingerprint density at radius 2 is 1.83 bits per heavy atom. The molecule has 2 aromatic carbocycles. The maximum Gasteiger partial charge on any atom is 0.416 e. The van der Waals surface area contributed by atoms with Crippen molar-refractivity contribution >= 4 is 5.91 Å². The molecule has 0 saturated carbocycles. The molecule has 2 aromatic rings. The van der Waals surface area contributed by atoms with Crippen molar-refractivity contribution in [2.24, 2.45) is 0 Å². The van der Waals surface area contributed by atoms with Crippen LogP contribution in [0.2, 0.25) is 0 Å². The number of hydrogen-bond donors (Lipinski definition) is 2. The summed E-state index contributed by atoms with van der Waals surface area (Å²) >= 11 is 0. The zero-order chi connectivity index (χ0) is 17.9. The van der Waals surface area contributed by atoms with Crippen molar-refractivity contribution in [1.82, 2.24) is 5.32 Å². The van der Waals surface area contributed by atoms with Crippen LogP contribution < -0.4 is 5.32 Å². The van der Waals surface area contributed by atoms with Crippen LogP contribution in [0.5, 0.6) is 0 Å². The smallest absolute Gasteiger partial charge is 0.387 e. The van der Waals surface area contributed by atoms with Crippen molar-refractivity contribution in [2.45, 2.75) is 12.3 Å². The molecule has 0 fully saturated rings. The van der Waals surface area contributed by atoms with Gasteiger partial charge >= 0.3 is 6.18 Å². The Morgan fingerprint density at radius 1 is 1.12 bits per heavy atom. The van der Waals surface area contributed by atoms with Gasteiger partial charge in [0.05, 0.1) is 17.2 Å².